The van der Waals surface area contributed by atoms with Crippen LogP contribution in [-0.4, -0.2) is 24.4 Å². The predicted octanol–water partition coefficient (Wildman–Crippen LogP) is 4.25. The van der Waals surface area contributed by atoms with E-state index in [1.807, 2.05) is 37.1 Å². The molecular formula is C18H24N2OS. The van der Waals surface area contributed by atoms with Gasteiger partial charge < -0.3 is 5.32 Å². The van der Waals surface area contributed by atoms with Gasteiger partial charge in [0.05, 0.1) is 6.54 Å². The van der Waals surface area contributed by atoms with Gasteiger partial charge in [0, 0.05) is 17.1 Å². The smallest absolute Gasteiger partial charge is 0.238 e. The van der Waals surface area contributed by atoms with Crippen LogP contribution >= 0.6 is 11.3 Å². The molecule has 1 heterocycles. The van der Waals surface area contributed by atoms with E-state index in [2.05, 4.69) is 36.7 Å². The number of carbonyl (C=O) groups is 1. The molecule has 1 N–H and O–H groups in total. The van der Waals surface area contributed by atoms with Gasteiger partial charge in [-0.25, -0.2) is 0 Å². The number of nitrogens with zero attached hydrogens (tertiary/aromatic N) is 1. The van der Waals surface area contributed by atoms with E-state index in [0.29, 0.717) is 12.5 Å². The number of benzene rings is 1. The summed E-state index contributed by atoms with van der Waals surface area (Å²) >= 11 is 1.72. The lowest BCUT2D eigenvalue weighted by Crippen LogP contribution is -2.30. The van der Waals surface area contributed by atoms with Gasteiger partial charge in [0.15, 0.2) is 0 Å². The summed E-state index contributed by atoms with van der Waals surface area (Å²) < 4.78 is 0. The first kappa shape index (κ1) is 16.7. The maximum atomic E-state index is 12.3. The molecule has 0 spiro atoms. The second kappa shape index (κ2) is 7.56. The summed E-state index contributed by atoms with van der Waals surface area (Å²) in [5, 5.41) is 5.15. The second-order valence-corrected chi connectivity index (χ2v) is 7.03. The molecule has 1 aromatic heterocycles. The molecule has 0 atom stereocenters. The Hall–Kier alpha value is -1.65. The highest BCUT2D eigenvalue weighted by atomic mass is 32.1. The number of likely N-dealkylation sites (N-methyl/N-ethyl adjacent to an activating group) is 1. The highest BCUT2D eigenvalue weighted by molar-refractivity contribution is 7.09. The molecule has 0 aliphatic rings. The molecule has 0 saturated carbocycles. The van der Waals surface area contributed by atoms with Crippen LogP contribution in [0.2, 0.25) is 0 Å². The van der Waals surface area contributed by atoms with Crippen molar-refractivity contribution in [2.75, 3.05) is 18.9 Å². The third-order valence-electron chi connectivity index (χ3n) is 3.61. The molecule has 2 aromatic rings. The van der Waals surface area contributed by atoms with Crippen LogP contribution in [0.1, 0.15) is 35.8 Å². The Morgan fingerprint density at radius 2 is 2.05 bits per heavy atom. The zero-order valence-corrected chi connectivity index (χ0v) is 14.5. The van der Waals surface area contributed by atoms with E-state index in [1.54, 1.807) is 11.3 Å². The van der Waals surface area contributed by atoms with Crippen LogP contribution in [0, 0.1) is 6.92 Å². The summed E-state index contributed by atoms with van der Waals surface area (Å²) in [6, 6.07) is 10.3. The van der Waals surface area contributed by atoms with Crippen LogP contribution in [0.3, 0.4) is 0 Å². The molecule has 22 heavy (non-hydrogen) atoms. The number of thiophene rings is 1. The van der Waals surface area contributed by atoms with Crippen molar-refractivity contribution in [1.29, 1.82) is 0 Å². The summed E-state index contributed by atoms with van der Waals surface area (Å²) in [4.78, 5) is 15.6. The van der Waals surface area contributed by atoms with Gasteiger partial charge in [-0.05, 0) is 42.5 Å². The number of anilines is 1. The van der Waals surface area contributed by atoms with Gasteiger partial charge in [-0.15, -0.1) is 11.3 Å². The van der Waals surface area contributed by atoms with Crippen molar-refractivity contribution < 1.29 is 4.79 Å². The molecule has 118 valence electrons. The molecule has 4 heteroatoms. The van der Waals surface area contributed by atoms with Crippen molar-refractivity contribution in [3.63, 3.8) is 0 Å². The lowest BCUT2D eigenvalue weighted by molar-refractivity contribution is -0.117. The molecule has 0 radical (unpaired) electrons. The highest BCUT2D eigenvalue weighted by Gasteiger charge is 2.13. The van der Waals surface area contributed by atoms with Crippen molar-refractivity contribution in [3.8, 4) is 0 Å². The van der Waals surface area contributed by atoms with Crippen LogP contribution in [0.5, 0.6) is 0 Å². The lowest BCUT2D eigenvalue weighted by Gasteiger charge is -2.19. The first-order chi connectivity index (χ1) is 10.5. The fourth-order valence-electron chi connectivity index (χ4n) is 2.49. The molecule has 0 saturated heterocycles. The van der Waals surface area contributed by atoms with Gasteiger partial charge in [0.2, 0.25) is 5.91 Å². The fourth-order valence-corrected chi connectivity index (χ4v) is 3.27. The Balaban J connectivity index is 2.00. The Morgan fingerprint density at radius 3 is 2.68 bits per heavy atom. The van der Waals surface area contributed by atoms with E-state index >= 15 is 0 Å². The lowest BCUT2D eigenvalue weighted by atomic mass is 9.98. The molecule has 0 fully saturated rings. The topological polar surface area (TPSA) is 32.3 Å². The zero-order chi connectivity index (χ0) is 16.1. The minimum absolute atomic E-state index is 0.0373. The monoisotopic (exact) mass is 316 g/mol. The Kier molecular flexibility index (Phi) is 5.75. The number of hydrogen-bond donors (Lipinski definition) is 1. The van der Waals surface area contributed by atoms with Crippen molar-refractivity contribution in [1.82, 2.24) is 4.90 Å². The first-order valence-corrected chi connectivity index (χ1v) is 8.45. The van der Waals surface area contributed by atoms with Crippen LogP contribution in [0.15, 0.2) is 35.7 Å². The number of carbonyl (C=O) groups excluding carboxylic acids is 1. The summed E-state index contributed by atoms with van der Waals surface area (Å²) in [7, 11) is 1.97. The third-order valence-corrected chi connectivity index (χ3v) is 4.47. The Labute approximate surface area is 137 Å². The molecule has 0 aliphatic carbocycles. The van der Waals surface area contributed by atoms with Gasteiger partial charge in [0.1, 0.15) is 0 Å². The normalized spacial score (nSPS) is 11.2. The van der Waals surface area contributed by atoms with Crippen LogP contribution in [0.4, 0.5) is 5.69 Å². The van der Waals surface area contributed by atoms with Gasteiger partial charge in [0.25, 0.3) is 0 Å². The molecule has 1 amide bonds. The fraction of sp³-hybridized carbons (Fsp3) is 0.389. The highest BCUT2D eigenvalue weighted by Crippen LogP contribution is 2.27. The predicted molar refractivity (Wildman–Crippen MR) is 94.6 cm³/mol. The molecule has 0 bridgehead atoms. The zero-order valence-electron chi connectivity index (χ0n) is 13.7. The number of amides is 1. The van der Waals surface area contributed by atoms with Crippen molar-refractivity contribution in [3.05, 3.63) is 51.7 Å². The van der Waals surface area contributed by atoms with Gasteiger partial charge in [-0.2, -0.15) is 0 Å². The van der Waals surface area contributed by atoms with Gasteiger partial charge in [-0.3, -0.25) is 9.69 Å². The van der Waals surface area contributed by atoms with E-state index < -0.39 is 0 Å². The minimum Gasteiger partial charge on any atom is -0.324 e. The molecule has 1 aromatic carbocycles. The maximum Gasteiger partial charge on any atom is 0.238 e. The molecular weight excluding hydrogens is 292 g/mol. The molecule has 0 aliphatic heterocycles. The average Bonchev–Trinajstić information content (AvgIpc) is 2.93. The summed E-state index contributed by atoms with van der Waals surface area (Å²) in [5.74, 6) is 0.425. The standard InChI is InChI=1S/C18H24N2OS/c1-13(2)16-9-5-7-14(3)18(16)19-17(21)12-20(4)11-15-8-6-10-22-15/h5-10,13H,11-12H2,1-4H3,(H,19,21). The molecule has 0 unspecified atom stereocenters. The molecule has 2 rings (SSSR count). The Morgan fingerprint density at radius 1 is 1.27 bits per heavy atom. The minimum atomic E-state index is 0.0373. The van der Waals surface area contributed by atoms with Crippen LogP contribution in [-0.2, 0) is 11.3 Å². The average molecular weight is 316 g/mol. The summed E-state index contributed by atoms with van der Waals surface area (Å²) in [6.45, 7) is 7.53. The maximum absolute atomic E-state index is 12.3. The van der Waals surface area contributed by atoms with Gasteiger partial charge in [-0.1, -0.05) is 38.1 Å². The van der Waals surface area contributed by atoms with E-state index in [1.165, 1.54) is 10.4 Å². The number of rotatable bonds is 6. The summed E-state index contributed by atoms with van der Waals surface area (Å²) in [6.07, 6.45) is 0. The SMILES string of the molecule is Cc1cccc(C(C)C)c1NC(=O)CN(C)Cc1cccs1. The Bertz CT molecular complexity index is 620. The van der Waals surface area contributed by atoms with Crippen molar-refractivity contribution in [2.45, 2.75) is 33.2 Å². The first-order valence-electron chi connectivity index (χ1n) is 7.57. The molecule has 3 nitrogen and oxygen atoms in total. The number of nitrogens with one attached hydrogen (secondary N) is 1. The largest absolute Gasteiger partial charge is 0.324 e. The summed E-state index contributed by atoms with van der Waals surface area (Å²) in [5.41, 5.74) is 3.27. The van der Waals surface area contributed by atoms with Crippen molar-refractivity contribution in [2.24, 2.45) is 0 Å². The van der Waals surface area contributed by atoms with Crippen LogP contribution < -0.4 is 5.32 Å². The second-order valence-electron chi connectivity index (χ2n) is 5.99. The third kappa shape index (κ3) is 4.42. The quantitative estimate of drug-likeness (QED) is 0.864. The van der Waals surface area contributed by atoms with Crippen LogP contribution in [0.25, 0.3) is 0 Å². The van der Waals surface area contributed by atoms with E-state index in [-0.39, 0.29) is 5.91 Å². The number of hydrogen-bond acceptors (Lipinski definition) is 3. The van der Waals surface area contributed by atoms with E-state index in [9.17, 15) is 4.79 Å². The van der Waals surface area contributed by atoms with Crippen molar-refractivity contribution >= 4 is 22.9 Å². The van der Waals surface area contributed by atoms with E-state index in [4.69, 9.17) is 0 Å². The number of aryl methyl sites for hydroxylation is 1. The van der Waals surface area contributed by atoms with Gasteiger partial charge >= 0.3 is 0 Å². The number of para-hydroxylation sites is 1. The van der Waals surface area contributed by atoms with E-state index in [0.717, 1.165) is 17.8 Å².